The third-order valence-corrected chi connectivity index (χ3v) is 6.87. The Bertz CT molecular complexity index is 1170. The molecule has 2 bridgehead atoms. The molecule has 1 saturated heterocycles. The molecule has 1 saturated carbocycles. The fourth-order valence-corrected chi connectivity index (χ4v) is 5.24. The molecule has 5 rings (SSSR count). The van der Waals surface area contributed by atoms with Gasteiger partial charge < -0.3 is 0 Å². The zero-order chi connectivity index (χ0) is 22.6. The van der Waals surface area contributed by atoms with Crippen molar-refractivity contribution >= 4 is 35.0 Å². The lowest BCUT2D eigenvalue weighted by molar-refractivity contribution is -0.384. The van der Waals surface area contributed by atoms with Crippen molar-refractivity contribution < 1.29 is 19.3 Å². The maximum Gasteiger partial charge on any atom is 0.273 e. The number of hydrogen-bond acceptors (Lipinski definition) is 5. The van der Waals surface area contributed by atoms with Gasteiger partial charge in [-0.15, -0.1) is 0 Å². The van der Waals surface area contributed by atoms with Crippen LogP contribution in [0.2, 0.25) is 5.02 Å². The second-order valence-corrected chi connectivity index (χ2v) is 8.66. The van der Waals surface area contributed by atoms with Crippen molar-refractivity contribution in [3.63, 3.8) is 0 Å². The number of amides is 3. The Morgan fingerprint density at radius 2 is 1.72 bits per heavy atom. The van der Waals surface area contributed by atoms with E-state index in [-0.39, 0.29) is 29.6 Å². The molecule has 0 radical (unpaired) electrons. The average molecular weight is 452 g/mol. The maximum atomic E-state index is 13.5. The standard InChI is InChI=1S/C23H18ClN3O5/c24-18-7-2-1-4-16(18)12-25(21(28)15-5-3-6-17(11-15)27(31)32)26-22(29)19-13-8-9-14(10-13)20(19)23(26)30/h1-9,11,13-14,19-20H,10,12H2/t13-,14-,19-,20-/m0/s1. The zero-order valence-corrected chi connectivity index (χ0v) is 17.5. The van der Waals surface area contributed by atoms with Crippen LogP contribution in [0.1, 0.15) is 22.3 Å². The van der Waals surface area contributed by atoms with Gasteiger partial charge in [-0.2, -0.15) is 5.01 Å². The molecule has 4 atom stereocenters. The van der Waals surface area contributed by atoms with Crippen molar-refractivity contribution in [2.45, 2.75) is 13.0 Å². The molecule has 2 aromatic rings. The molecular formula is C23H18ClN3O5. The van der Waals surface area contributed by atoms with Crippen LogP contribution in [0.5, 0.6) is 0 Å². The van der Waals surface area contributed by atoms with Crippen molar-refractivity contribution in [3.05, 3.63) is 86.9 Å². The minimum Gasteiger partial charge on any atom is -0.272 e. The van der Waals surface area contributed by atoms with Crippen molar-refractivity contribution in [3.8, 4) is 0 Å². The lowest BCUT2D eigenvalue weighted by atomic mass is 9.85. The van der Waals surface area contributed by atoms with Crippen LogP contribution < -0.4 is 0 Å². The minimum atomic E-state index is -0.685. The molecule has 0 unspecified atom stereocenters. The number of hydrazine groups is 1. The predicted octanol–water partition coefficient (Wildman–Crippen LogP) is 3.61. The van der Waals surface area contributed by atoms with Crippen molar-refractivity contribution in [2.75, 3.05) is 0 Å². The summed E-state index contributed by atoms with van der Waals surface area (Å²) in [5.74, 6) is -2.50. The lowest BCUT2D eigenvalue weighted by Crippen LogP contribution is -2.50. The molecule has 1 aliphatic heterocycles. The Morgan fingerprint density at radius 1 is 1.06 bits per heavy atom. The monoisotopic (exact) mass is 451 g/mol. The molecule has 2 aliphatic carbocycles. The number of benzene rings is 2. The van der Waals surface area contributed by atoms with Gasteiger partial charge in [0.15, 0.2) is 0 Å². The number of nitro groups is 1. The Morgan fingerprint density at radius 3 is 2.34 bits per heavy atom. The Balaban J connectivity index is 1.55. The summed E-state index contributed by atoms with van der Waals surface area (Å²) in [7, 11) is 0. The second-order valence-electron chi connectivity index (χ2n) is 8.25. The van der Waals surface area contributed by atoms with Crippen molar-refractivity contribution in [1.29, 1.82) is 0 Å². The van der Waals surface area contributed by atoms with Crippen LogP contribution in [0, 0.1) is 33.8 Å². The lowest BCUT2D eigenvalue weighted by Gasteiger charge is -2.31. The van der Waals surface area contributed by atoms with Crippen LogP contribution in [0.25, 0.3) is 0 Å². The summed E-state index contributed by atoms with van der Waals surface area (Å²) in [5, 5.41) is 13.6. The SMILES string of the molecule is O=C(c1cccc([N+](=O)[O-])c1)N(Cc1ccccc1Cl)N1C(=O)[C@@H]2[C@@H](C1=O)[C@H]1C=C[C@H]2C1. The molecule has 3 aliphatic rings. The number of nitrogens with zero attached hydrogens (tertiary/aromatic N) is 3. The van der Waals surface area contributed by atoms with E-state index in [1.807, 2.05) is 12.2 Å². The molecule has 0 spiro atoms. The Hall–Kier alpha value is -3.52. The fourth-order valence-electron chi connectivity index (χ4n) is 5.05. The molecule has 0 aromatic heterocycles. The van der Waals surface area contributed by atoms with Crippen LogP contribution in [-0.4, -0.2) is 32.7 Å². The van der Waals surface area contributed by atoms with E-state index in [2.05, 4.69) is 0 Å². The van der Waals surface area contributed by atoms with Gasteiger partial charge in [0.05, 0.1) is 23.3 Å². The number of carbonyl (C=O) groups is 3. The van der Waals surface area contributed by atoms with Crippen LogP contribution in [0.15, 0.2) is 60.7 Å². The van der Waals surface area contributed by atoms with Gasteiger partial charge >= 0.3 is 0 Å². The molecule has 2 aromatic carbocycles. The highest BCUT2D eigenvalue weighted by molar-refractivity contribution is 6.31. The van der Waals surface area contributed by atoms with Crippen molar-refractivity contribution in [1.82, 2.24) is 10.0 Å². The smallest absolute Gasteiger partial charge is 0.272 e. The Kier molecular flexibility index (Phi) is 4.82. The molecule has 8 nitrogen and oxygen atoms in total. The number of carbonyl (C=O) groups excluding carboxylic acids is 3. The first kappa shape index (κ1) is 20.4. The molecule has 9 heteroatoms. The van der Waals surface area contributed by atoms with E-state index in [9.17, 15) is 24.5 Å². The van der Waals surface area contributed by atoms with Gasteiger partial charge in [-0.25, -0.2) is 5.01 Å². The van der Waals surface area contributed by atoms with Gasteiger partial charge in [-0.1, -0.05) is 48.0 Å². The molecule has 32 heavy (non-hydrogen) atoms. The topological polar surface area (TPSA) is 101 Å². The van der Waals surface area contributed by atoms with Crippen LogP contribution >= 0.6 is 11.6 Å². The van der Waals surface area contributed by atoms with E-state index >= 15 is 0 Å². The van der Waals surface area contributed by atoms with Crippen LogP contribution in [-0.2, 0) is 16.1 Å². The van der Waals surface area contributed by atoms with E-state index in [0.717, 1.165) is 22.5 Å². The highest BCUT2D eigenvalue weighted by Gasteiger charge is 2.61. The summed E-state index contributed by atoms with van der Waals surface area (Å²) < 4.78 is 0. The number of nitro benzene ring substituents is 1. The molecule has 0 N–H and O–H groups in total. The number of rotatable bonds is 5. The summed E-state index contributed by atoms with van der Waals surface area (Å²) in [6.45, 7) is -0.124. The van der Waals surface area contributed by atoms with Gasteiger partial charge in [-0.3, -0.25) is 24.5 Å². The number of allylic oxidation sites excluding steroid dienone is 2. The van der Waals surface area contributed by atoms with Gasteiger partial charge in [0, 0.05) is 22.7 Å². The summed E-state index contributed by atoms with van der Waals surface area (Å²) in [4.78, 5) is 50.8. The number of non-ortho nitro benzene ring substituents is 1. The normalized spacial score (nSPS) is 25.3. The minimum absolute atomic E-state index is 0.00464. The number of halogens is 1. The predicted molar refractivity (Wildman–Crippen MR) is 114 cm³/mol. The summed E-state index contributed by atoms with van der Waals surface area (Å²) in [6.07, 6.45) is 4.71. The van der Waals surface area contributed by atoms with E-state index in [4.69, 9.17) is 11.6 Å². The first-order valence-electron chi connectivity index (χ1n) is 10.2. The fraction of sp³-hybridized carbons (Fsp3) is 0.261. The van der Waals surface area contributed by atoms with Crippen molar-refractivity contribution in [2.24, 2.45) is 23.7 Å². The quantitative estimate of drug-likeness (QED) is 0.299. The largest absolute Gasteiger partial charge is 0.273 e. The molecule has 2 fully saturated rings. The zero-order valence-electron chi connectivity index (χ0n) is 16.8. The Labute approximate surface area is 188 Å². The first-order valence-corrected chi connectivity index (χ1v) is 10.6. The van der Waals surface area contributed by atoms with E-state index in [1.54, 1.807) is 24.3 Å². The second kappa shape index (κ2) is 7.56. The highest BCUT2D eigenvalue weighted by Crippen LogP contribution is 2.53. The average Bonchev–Trinajstić information content (AvgIpc) is 3.47. The van der Waals surface area contributed by atoms with Crippen LogP contribution in [0.3, 0.4) is 0 Å². The maximum absolute atomic E-state index is 13.5. The van der Waals surface area contributed by atoms with Crippen LogP contribution in [0.4, 0.5) is 5.69 Å². The van der Waals surface area contributed by atoms with Gasteiger partial charge in [0.2, 0.25) is 0 Å². The summed E-state index contributed by atoms with van der Waals surface area (Å²) >= 11 is 6.29. The summed E-state index contributed by atoms with van der Waals surface area (Å²) in [6, 6.07) is 12.1. The summed E-state index contributed by atoms with van der Waals surface area (Å²) in [5.41, 5.74) is 0.295. The van der Waals surface area contributed by atoms with Gasteiger partial charge in [0.25, 0.3) is 23.4 Å². The third kappa shape index (κ3) is 3.10. The van der Waals surface area contributed by atoms with Gasteiger partial charge in [-0.05, 0) is 36.0 Å². The highest BCUT2D eigenvalue weighted by atomic mass is 35.5. The third-order valence-electron chi connectivity index (χ3n) is 6.50. The number of hydrogen-bond donors (Lipinski definition) is 0. The molecular weight excluding hydrogens is 434 g/mol. The van der Waals surface area contributed by atoms with E-state index in [0.29, 0.717) is 10.6 Å². The molecule has 3 amide bonds. The number of imide groups is 1. The molecule has 162 valence electrons. The first-order chi connectivity index (χ1) is 15.4. The number of fused-ring (bicyclic) bond motifs is 5. The van der Waals surface area contributed by atoms with Gasteiger partial charge in [0.1, 0.15) is 0 Å². The van der Waals surface area contributed by atoms with E-state index < -0.39 is 34.5 Å². The molecule has 1 heterocycles. The van der Waals surface area contributed by atoms with E-state index in [1.165, 1.54) is 18.2 Å².